The topological polar surface area (TPSA) is 168 Å². The summed E-state index contributed by atoms with van der Waals surface area (Å²) in [7, 11) is 0.750. The van der Waals surface area contributed by atoms with Crippen LogP contribution in [0.15, 0.2) is 79.3 Å². The average molecular weight is 748 g/mol. The summed E-state index contributed by atoms with van der Waals surface area (Å²) in [5.41, 5.74) is 0.0999. The molecule has 0 unspecified atom stereocenters. The van der Waals surface area contributed by atoms with Crippen LogP contribution in [-0.2, 0) is 20.5 Å². The maximum Gasteiger partial charge on any atom is 1.00 e. The molecule has 0 atom stereocenters. The fraction of sp³-hybridized carbons (Fsp3) is 0.267. The van der Waals surface area contributed by atoms with Crippen molar-refractivity contribution in [3.8, 4) is 11.4 Å². The van der Waals surface area contributed by atoms with Gasteiger partial charge in [0.25, 0.3) is 0 Å². The Labute approximate surface area is 306 Å². The Morgan fingerprint density at radius 3 is 1.53 bits per heavy atom. The normalized spacial score (nSPS) is 10.4. The minimum atomic E-state index is -4.97. The van der Waals surface area contributed by atoms with Gasteiger partial charge in [-0.1, -0.05) is 18.2 Å². The van der Waals surface area contributed by atoms with Gasteiger partial charge in [-0.3, -0.25) is 34.4 Å². The first-order valence-corrected chi connectivity index (χ1v) is 13.4. The van der Waals surface area contributed by atoms with Gasteiger partial charge in [0.2, 0.25) is 5.78 Å². The molecule has 21 heteroatoms. The molecular formula is C30H27F9N5NaO6. The fourth-order valence-electron chi connectivity index (χ4n) is 2.76. The zero-order valence-corrected chi connectivity index (χ0v) is 29.1. The molecule has 0 aromatic carbocycles. The van der Waals surface area contributed by atoms with E-state index >= 15 is 0 Å². The molecule has 0 aliphatic carbocycles. The van der Waals surface area contributed by atoms with Crippen molar-refractivity contribution in [2.75, 3.05) is 13.7 Å². The molecule has 0 aliphatic heterocycles. The number of rotatable bonds is 6. The van der Waals surface area contributed by atoms with E-state index < -0.39 is 48.2 Å². The Morgan fingerprint density at radius 1 is 0.725 bits per heavy atom. The number of hydrogen-bond donors (Lipinski definition) is 1. The van der Waals surface area contributed by atoms with E-state index in [0.717, 1.165) is 13.2 Å². The van der Waals surface area contributed by atoms with Crippen LogP contribution < -0.4 is 34.7 Å². The SMILES string of the molecule is CC(=O)c1ccccn1.CCOC(=O)C(F)(F)F.C[O-].FC(F)(F)c1cc(-c2ccccn2)n[nH]1.O=C(CC(=O)C(F)(F)F)c1ccccn1.[Na+]. The number of ketones is 3. The van der Waals surface area contributed by atoms with Gasteiger partial charge in [0.1, 0.15) is 22.8 Å². The number of nitrogens with one attached hydrogen (secondary N) is 1. The molecule has 0 aliphatic rings. The summed E-state index contributed by atoms with van der Waals surface area (Å²) < 4.78 is 109. The molecule has 0 amide bonds. The van der Waals surface area contributed by atoms with Gasteiger partial charge in [-0.25, -0.2) is 4.79 Å². The van der Waals surface area contributed by atoms with E-state index in [4.69, 9.17) is 5.11 Å². The van der Waals surface area contributed by atoms with Crippen molar-refractivity contribution < 1.29 is 98.1 Å². The number of aromatic amines is 1. The molecule has 4 aromatic heterocycles. The maximum atomic E-state index is 12.2. The standard InChI is InChI=1S/C9H6F3N3.C9H6F3NO2.C7H7NO.C4H5F3O2.CH3O.Na/c10-9(11,12)8-5-7(14-15-8)6-3-1-2-4-13-6;10-9(11,12)8(15)5-7(14)6-3-1-2-4-13-6;1-6(9)7-4-2-3-5-8-7;1-2-9-3(8)4(5,6)7;1-2;/h1-5H,(H,14,15);1-4H,5H2;2-5H,1H3;2H2,1H3;1H3;/q;;;;-1;+1. The molecule has 1 N–H and O–H groups in total. The monoisotopic (exact) mass is 747 g/mol. The third-order valence-electron chi connectivity index (χ3n) is 4.93. The van der Waals surface area contributed by atoms with Crippen molar-refractivity contribution >= 4 is 23.3 Å². The zero-order chi connectivity index (χ0) is 38.5. The molecule has 0 saturated heterocycles. The van der Waals surface area contributed by atoms with E-state index in [1.165, 1.54) is 44.4 Å². The van der Waals surface area contributed by atoms with Crippen LogP contribution in [0.1, 0.15) is 46.9 Å². The van der Waals surface area contributed by atoms with E-state index in [-0.39, 0.29) is 53.3 Å². The van der Waals surface area contributed by atoms with E-state index in [1.54, 1.807) is 42.6 Å². The molecule has 0 radical (unpaired) electrons. The molecule has 0 saturated carbocycles. The number of carbonyl (C=O) groups excluding carboxylic acids is 4. The first kappa shape index (κ1) is 48.6. The smallest absolute Gasteiger partial charge is 0.857 e. The number of aromatic nitrogens is 5. The van der Waals surface area contributed by atoms with Gasteiger partial charge >= 0.3 is 54.1 Å². The summed E-state index contributed by atoms with van der Waals surface area (Å²) in [6, 6.07) is 15.4. The van der Waals surface area contributed by atoms with Crippen LogP contribution in [-0.4, -0.2) is 74.5 Å². The second kappa shape index (κ2) is 23.8. The number of hydrogen-bond acceptors (Lipinski definition) is 10. The van der Waals surface area contributed by atoms with Crippen LogP contribution in [0.2, 0.25) is 0 Å². The summed E-state index contributed by atoms with van der Waals surface area (Å²) in [5, 5.41) is 13.7. The number of H-pyrrole nitrogens is 1. The summed E-state index contributed by atoms with van der Waals surface area (Å²) in [4.78, 5) is 53.2. The van der Waals surface area contributed by atoms with Gasteiger partial charge < -0.3 is 9.84 Å². The second-order valence-electron chi connectivity index (χ2n) is 8.60. The number of halogens is 9. The van der Waals surface area contributed by atoms with Crippen molar-refractivity contribution in [2.45, 2.75) is 38.8 Å². The Bertz CT molecular complexity index is 1610. The van der Waals surface area contributed by atoms with E-state index in [0.29, 0.717) is 11.4 Å². The van der Waals surface area contributed by atoms with E-state index in [1.807, 2.05) is 5.10 Å². The van der Waals surface area contributed by atoms with Gasteiger partial charge in [-0.15, -0.1) is 0 Å². The minimum Gasteiger partial charge on any atom is -0.857 e. The second-order valence-corrected chi connectivity index (χ2v) is 8.60. The minimum absolute atomic E-state index is 0. The maximum absolute atomic E-state index is 12.2. The van der Waals surface area contributed by atoms with Crippen molar-refractivity contribution in [1.82, 2.24) is 25.1 Å². The third kappa shape index (κ3) is 20.0. The van der Waals surface area contributed by atoms with E-state index in [9.17, 15) is 58.7 Å². The van der Waals surface area contributed by atoms with Gasteiger partial charge in [0.15, 0.2) is 11.6 Å². The number of carbonyl (C=O) groups is 4. The molecule has 4 aromatic rings. The van der Waals surface area contributed by atoms with Crippen molar-refractivity contribution in [3.05, 3.63) is 96.3 Å². The fourth-order valence-corrected chi connectivity index (χ4v) is 2.76. The molecule has 4 heterocycles. The van der Waals surface area contributed by atoms with Crippen LogP contribution in [0.25, 0.3) is 11.4 Å². The molecule has 0 bridgehead atoms. The van der Waals surface area contributed by atoms with Crippen LogP contribution >= 0.6 is 0 Å². The largest absolute Gasteiger partial charge is 1.00 e. The average Bonchev–Trinajstić information content (AvgIpc) is 3.59. The molecule has 0 spiro atoms. The van der Waals surface area contributed by atoms with Crippen molar-refractivity contribution in [2.24, 2.45) is 0 Å². The molecule has 272 valence electrons. The zero-order valence-electron chi connectivity index (χ0n) is 27.1. The third-order valence-corrected chi connectivity index (χ3v) is 4.93. The van der Waals surface area contributed by atoms with Gasteiger partial charge in [-0.05, 0) is 49.4 Å². The van der Waals surface area contributed by atoms with Crippen LogP contribution in [0, 0.1) is 0 Å². The van der Waals surface area contributed by atoms with Gasteiger partial charge in [-0.2, -0.15) is 51.7 Å². The number of esters is 1. The first-order chi connectivity index (χ1) is 23.3. The van der Waals surface area contributed by atoms with Gasteiger partial charge in [0.05, 0.1) is 18.7 Å². The first-order valence-electron chi connectivity index (χ1n) is 13.4. The van der Waals surface area contributed by atoms with Crippen LogP contribution in [0.3, 0.4) is 0 Å². The number of Topliss-reactive ketones (excluding diaryl/α,β-unsaturated/α-hetero) is 3. The van der Waals surface area contributed by atoms with Crippen LogP contribution in [0.4, 0.5) is 39.5 Å². The Hall–Kier alpha value is -4.53. The number of pyridine rings is 3. The van der Waals surface area contributed by atoms with Gasteiger partial charge in [0, 0.05) is 25.5 Å². The molecule has 11 nitrogen and oxygen atoms in total. The predicted octanol–water partition coefficient (Wildman–Crippen LogP) is 2.65. The summed E-state index contributed by atoms with van der Waals surface area (Å²) in [5.74, 6) is -5.11. The summed E-state index contributed by atoms with van der Waals surface area (Å²) in [6.45, 7) is 2.56. The number of nitrogens with zero attached hydrogens (tertiary/aromatic N) is 4. The van der Waals surface area contributed by atoms with E-state index in [2.05, 4.69) is 24.8 Å². The van der Waals surface area contributed by atoms with Crippen molar-refractivity contribution in [3.63, 3.8) is 0 Å². The number of ether oxygens (including phenoxy) is 1. The Kier molecular flexibility index (Phi) is 22.7. The quantitative estimate of drug-likeness (QED) is 0.102. The Morgan fingerprint density at radius 2 is 1.22 bits per heavy atom. The summed E-state index contributed by atoms with van der Waals surface area (Å²) in [6.07, 6.45) is -11.0. The summed E-state index contributed by atoms with van der Waals surface area (Å²) >= 11 is 0. The number of alkyl halides is 9. The van der Waals surface area contributed by atoms with Crippen molar-refractivity contribution in [1.29, 1.82) is 0 Å². The molecule has 0 fully saturated rings. The Balaban J connectivity index is 0. The molecular weight excluding hydrogens is 720 g/mol. The molecule has 4 rings (SSSR count). The predicted molar refractivity (Wildman–Crippen MR) is 154 cm³/mol. The molecule has 51 heavy (non-hydrogen) atoms. The van der Waals surface area contributed by atoms with Crippen LogP contribution in [0.5, 0.6) is 0 Å².